The van der Waals surface area contributed by atoms with Gasteiger partial charge in [0.15, 0.2) is 0 Å². The van der Waals surface area contributed by atoms with Crippen LogP contribution in [0.2, 0.25) is 0 Å². The van der Waals surface area contributed by atoms with Crippen molar-refractivity contribution in [2.75, 3.05) is 0 Å². The zero-order valence-electron chi connectivity index (χ0n) is 8.91. The lowest BCUT2D eigenvalue weighted by Crippen LogP contribution is -1.97. The number of para-hydroxylation sites is 1. The van der Waals surface area contributed by atoms with E-state index in [2.05, 4.69) is 10.1 Å². The van der Waals surface area contributed by atoms with Crippen molar-refractivity contribution >= 4 is 10.9 Å². The van der Waals surface area contributed by atoms with Crippen molar-refractivity contribution in [2.24, 2.45) is 0 Å². The highest BCUT2D eigenvalue weighted by atomic mass is 15.3. The summed E-state index contributed by atoms with van der Waals surface area (Å²) in [4.78, 5) is 4.04. The Hall–Kier alpha value is -2.67. The van der Waals surface area contributed by atoms with Crippen molar-refractivity contribution in [1.82, 2.24) is 14.8 Å². The van der Waals surface area contributed by atoms with Crippen molar-refractivity contribution in [1.29, 1.82) is 5.26 Å². The van der Waals surface area contributed by atoms with Gasteiger partial charge in [0, 0.05) is 5.39 Å². The summed E-state index contributed by atoms with van der Waals surface area (Å²) in [5.41, 5.74) is 2.29. The molecule has 0 fully saturated rings. The van der Waals surface area contributed by atoms with Crippen LogP contribution in [0.3, 0.4) is 0 Å². The van der Waals surface area contributed by atoms with Gasteiger partial charge in [-0.3, -0.25) is 0 Å². The Bertz CT molecular complexity index is 704. The summed E-state index contributed by atoms with van der Waals surface area (Å²) in [5.74, 6) is 0. The number of benzene rings is 1. The third kappa shape index (κ3) is 1.54. The van der Waals surface area contributed by atoms with Crippen LogP contribution in [0.5, 0.6) is 0 Å². The van der Waals surface area contributed by atoms with E-state index in [0.29, 0.717) is 5.69 Å². The minimum Gasteiger partial charge on any atom is -0.243 e. The predicted molar refractivity (Wildman–Crippen MR) is 63.6 cm³/mol. The Morgan fingerprint density at radius 2 is 1.94 bits per heavy atom. The minimum atomic E-state index is 0.408. The van der Waals surface area contributed by atoms with Gasteiger partial charge in [-0.2, -0.15) is 10.4 Å². The average molecular weight is 220 g/mol. The number of hydrogen-bond donors (Lipinski definition) is 0. The maximum Gasteiger partial charge on any atom is 0.140 e. The molecular weight excluding hydrogens is 212 g/mol. The lowest BCUT2D eigenvalue weighted by Gasteiger charge is -2.02. The molecule has 0 aliphatic heterocycles. The molecule has 0 saturated carbocycles. The molecule has 0 N–H and O–H groups in total. The van der Waals surface area contributed by atoms with Crippen molar-refractivity contribution in [3.05, 3.63) is 54.5 Å². The fraction of sp³-hybridized carbons (Fsp3) is 0. The third-order valence-electron chi connectivity index (χ3n) is 2.58. The highest BCUT2D eigenvalue weighted by molar-refractivity contribution is 5.79. The summed E-state index contributed by atoms with van der Waals surface area (Å²) in [5, 5.41) is 14.1. The van der Waals surface area contributed by atoms with Crippen LogP contribution in [-0.2, 0) is 0 Å². The molecule has 4 nitrogen and oxygen atoms in total. The van der Waals surface area contributed by atoms with Crippen LogP contribution in [0.4, 0.5) is 0 Å². The SMILES string of the molecule is N#Cc1ccc(-n2ncc3ccccc32)cn1. The van der Waals surface area contributed by atoms with Crippen molar-refractivity contribution in [2.45, 2.75) is 0 Å². The summed E-state index contributed by atoms with van der Waals surface area (Å²) in [6, 6.07) is 13.5. The molecular formula is C13H8N4. The molecule has 2 aromatic heterocycles. The van der Waals surface area contributed by atoms with Gasteiger partial charge >= 0.3 is 0 Å². The van der Waals surface area contributed by atoms with Crippen molar-refractivity contribution < 1.29 is 0 Å². The van der Waals surface area contributed by atoms with E-state index >= 15 is 0 Å². The maximum absolute atomic E-state index is 8.70. The van der Waals surface area contributed by atoms with Gasteiger partial charge in [0.1, 0.15) is 11.8 Å². The van der Waals surface area contributed by atoms with E-state index in [0.717, 1.165) is 16.6 Å². The van der Waals surface area contributed by atoms with Gasteiger partial charge in [-0.25, -0.2) is 9.67 Å². The highest BCUT2D eigenvalue weighted by Crippen LogP contribution is 2.17. The quantitative estimate of drug-likeness (QED) is 0.632. The van der Waals surface area contributed by atoms with Crippen LogP contribution in [0, 0.1) is 11.3 Å². The molecule has 0 atom stereocenters. The monoisotopic (exact) mass is 220 g/mol. The second kappa shape index (κ2) is 3.72. The molecule has 0 unspecified atom stereocenters. The van der Waals surface area contributed by atoms with Gasteiger partial charge in [0.2, 0.25) is 0 Å². The van der Waals surface area contributed by atoms with E-state index in [4.69, 9.17) is 5.26 Å². The highest BCUT2D eigenvalue weighted by Gasteiger charge is 2.04. The Morgan fingerprint density at radius 1 is 1.06 bits per heavy atom. The van der Waals surface area contributed by atoms with Crippen molar-refractivity contribution in [3.8, 4) is 11.8 Å². The number of rotatable bonds is 1. The van der Waals surface area contributed by atoms with Gasteiger partial charge in [0.25, 0.3) is 0 Å². The maximum atomic E-state index is 8.70. The van der Waals surface area contributed by atoms with Crippen molar-refractivity contribution in [3.63, 3.8) is 0 Å². The molecule has 80 valence electrons. The van der Waals surface area contributed by atoms with E-state index in [9.17, 15) is 0 Å². The van der Waals surface area contributed by atoms with Gasteiger partial charge in [0.05, 0.1) is 23.6 Å². The third-order valence-corrected chi connectivity index (χ3v) is 2.58. The topological polar surface area (TPSA) is 54.5 Å². The Kier molecular flexibility index (Phi) is 2.09. The first-order valence-corrected chi connectivity index (χ1v) is 5.18. The van der Waals surface area contributed by atoms with Crippen LogP contribution >= 0.6 is 0 Å². The molecule has 3 aromatic rings. The van der Waals surface area contributed by atoms with Crippen LogP contribution in [0.25, 0.3) is 16.6 Å². The first-order chi connectivity index (χ1) is 8.38. The summed E-state index contributed by atoms with van der Waals surface area (Å²) in [6.45, 7) is 0. The van der Waals surface area contributed by atoms with Crippen LogP contribution in [-0.4, -0.2) is 14.8 Å². The second-order valence-electron chi connectivity index (χ2n) is 3.63. The number of nitriles is 1. The predicted octanol–water partition coefficient (Wildman–Crippen LogP) is 2.29. The van der Waals surface area contributed by atoms with Gasteiger partial charge in [-0.15, -0.1) is 0 Å². The minimum absolute atomic E-state index is 0.408. The Balaban J connectivity index is 2.17. The molecule has 3 rings (SSSR count). The van der Waals surface area contributed by atoms with Crippen LogP contribution in [0.1, 0.15) is 5.69 Å². The molecule has 0 saturated heterocycles. The fourth-order valence-electron chi connectivity index (χ4n) is 1.75. The molecule has 0 aliphatic rings. The molecule has 2 heterocycles. The normalized spacial score (nSPS) is 10.3. The standard InChI is InChI=1S/C13H8N4/c14-7-11-5-6-12(9-15-11)17-13-4-2-1-3-10(13)8-16-17/h1-6,8-9H. The first-order valence-electron chi connectivity index (χ1n) is 5.18. The number of fused-ring (bicyclic) bond motifs is 1. The largest absolute Gasteiger partial charge is 0.243 e. The van der Waals surface area contributed by atoms with Gasteiger partial charge in [-0.1, -0.05) is 18.2 Å². The number of pyridine rings is 1. The zero-order chi connectivity index (χ0) is 11.7. The smallest absolute Gasteiger partial charge is 0.140 e. The molecule has 0 spiro atoms. The molecule has 0 aliphatic carbocycles. The lowest BCUT2D eigenvalue weighted by atomic mass is 10.2. The zero-order valence-corrected chi connectivity index (χ0v) is 8.91. The lowest BCUT2D eigenvalue weighted by molar-refractivity contribution is 0.902. The van der Waals surface area contributed by atoms with E-state index in [1.807, 2.05) is 47.3 Å². The average Bonchev–Trinajstić information content (AvgIpc) is 2.83. The van der Waals surface area contributed by atoms with E-state index in [1.165, 1.54) is 0 Å². The summed E-state index contributed by atoms with van der Waals surface area (Å²) in [7, 11) is 0. The number of nitrogens with zero attached hydrogens (tertiary/aromatic N) is 4. The molecule has 0 amide bonds. The number of aromatic nitrogens is 3. The molecule has 0 radical (unpaired) electrons. The Morgan fingerprint density at radius 3 is 2.71 bits per heavy atom. The number of hydrogen-bond acceptors (Lipinski definition) is 3. The van der Waals surface area contributed by atoms with E-state index in [1.54, 1.807) is 12.3 Å². The van der Waals surface area contributed by atoms with Gasteiger partial charge in [-0.05, 0) is 18.2 Å². The second-order valence-corrected chi connectivity index (χ2v) is 3.63. The van der Waals surface area contributed by atoms with Crippen LogP contribution < -0.4 is 0 Å². The van der Waals surface area contributed by atoms with E-state index < -0.39 is 0 Å². The summed E-state index contributed by atoms with van der Waals surface area (Å²) in [6.07, 6.45) is 3.46. The summed E-state index contributed by atoms with van der Waals surface area (Å²) < 4.78 is 1.81. The summed E-state index contributed by atoms with van der Waals surface area (Å²) >= 11 is 0. The Labute approximate surface area is 97.8 Å². The van der Waals surface area contributed by atoms with E-state index in [-0.39, 0.29) is 0 Å². The molecule has 17 heavy (non-hydrogen) atoms. The molecule has 1 aromatic carbocycles. The van der Waals surface area contributed by atoms with Gasteiger partial charge < -0.3 is 0 Å². The van der Waals surface area contributed by atoms with Crippen LogP contribution in [0.15, 0.2) is 48.8 Å². The molecule has 0 bridgehead atoms. The first kappa shape index (κ1) is 9.55. The molecule has 4 heteroatoms. The fourth-order valence-corrected chi connectivity index (χ4v) is 1.75.